The van der Waals surface area contributed by atoms with E-state index in [1.54, 1.807) is 31.4 Å². The zero-order valence-corrected chi connectivity index (χ0v) is 17.5. The van der Waals surface area contributed by atoms with Crippen LogP contribution in [-0.4, -0.2) is 23.5 Å². The summed E-state index contributed by atoms with van der Waals surface area (Å²) >= 11 is 0.989. The molecule has 6 nitrogen and oxygen atoms in total. The number of aliphatic hydroxyl groups is 1. The van der Waals surface area contributed by atoms with Crippen LogP contribution in [0.25, 0.3) is 11.3 Å². The van der Waals surface area contributed by atoms with Crippen LogP contribution in [0.3, 0.4) is 0 Å². The minimum Gasteiger partial charge on any atom is -0.493 e. The third-order valence-electron chi connectivity index (χ3n) is 4.70. The zero-order chi connectivity index (χ0) is 21.3. The number of halogens is 1. The molecule has 1 aliphatic carbocycles. The molecular formula is C22H25FN2O4S. The molecule has 2 aromatic carbocycles. The lowest BCUT2D eigenvalue weighted by molar-refractivity contribution is 0.183. The van der Waals surface area contributed by atoms with Crippen molar-refractivity contribution in [2.24, 2.45) is 5.14 Å². The predicted octanol–water partition coefficient (Wildman–Crippen LogP) is 4.96. The molecule has 3 aromatic rings. The quantitative estimate of drug-likeness (QED) is 0.532. The fourth-order valence-corrected chi connectivity index (χ4v) is 3.30. The van der Waals surface area contributed by atoms with Crippen LogP contribution >= 0.6 is 11.9 Å². The van der Waals surface area contributed by atoms with Crippen molar-refractivity contribution in [3.63, 3.8) is 0 Å². The topological polar surface area (TPSA) is 90.7 Å². The Morgan fingerprint density at radius 3 is 2.43 bits per heavy atom. The molecule has 0 radical (unpaired) electrons. The van der Waals surface area contributed by atoms with Crippen LogP contribution in [0.1, 0.15) is 31.2 Å². The number of benzene rings is 2. The number of nitrogens with two attached hydrogens (primary N) is 1. The van der Waals surface area contributed by atoms with E-state index in [9.17, 15) is 4.39 Å². The van der Waals surface area contributed by atoms with Crippen molar-refractivity contribution in [2.45, 2.75) is 43.5 Å². The molecule has 8 heteroatoms. The summed E-state index contributed by atoms with van der Waals surface area (Å²) in [5.74, 6) is 0.875. The minimum absolute atomic E-state index is 0.0463. The molecule has 3 N–H and O–H groups in total. The van der Waals surface area contributed by atoms with Crippen LogP contribution < -0.4 is 14.6 Å². The monoisotopic (exact) mass is 432 g/mol. The molecule has 160 valence electrons. The van der Waals surface area contributed by atoms with Gasteiger partial charge >= 0.3 is 0 Å². The van der Waals surface area contributed by atoms with Gasteiger partial charge < -0.3 is 19.1 Å². The Hall–Kier alpha value is -2.55. The molecule has 0 aliphatic heterocycles. The lowest BCUT2D eigenvalue weighted by Gasteiger charge is -2.12. The molecule has 1 fully saturated rings. The van der Waals surface area contributed by atoms with Crippen LogP contribution in [0.4, 0.5) is 4.39 Å². The summed E-state index contributed by atoms with van der Waals surface area (Å²) in [6, 6.07) is 13.3. The van der Waals surface area contributed by atoms with Crippen molar-refractivity contribution < 1.29 is 23.5 Å². The molecule has 4 rings (SSSR count). The summed E-state index contributed by atoms with van der Waals surface area (Å²) in [7, 11) is 1.57. The Bertz CT molecular complexity index is 927. The SMILES string of the molecule is COc1ccc(-c2cc(SN)on2)cc1OCc1ccc(F)cc1.OC1CCCC1. The molecule has 1 aliphatic rings. The van der Waals surface area contributed by atoms with E-state index < -0.39 is 0 Å². The van der Waals surface area contributed by atoms with E-state index >= 15 is 0 Å². The van der Waals surface area contributed by atoms with Crippen molar-refractivity contribution in [3.05, 3.63) is 59.9 Å². The molecular weight excluding hydrogens is 407 g/mol. The fourth-order valence-electron chi connectivity index (χ4n) is 3.04. The number of hydrogen-bond donors (Lipinski definition) is 2. The van der Waals surface area contributed by atoms with E-state index in [2.05, 4.69) is 5.16 Å². The van der Waals surface area contributed by atoms with Crippen LogP contribution in [0.2, 0.25) is 0 Å². The van der Waals surface area contributed by atoms with Gasteiger partial charge in [-0.1, -0.05) is 30.1 Å². The molecule has 1 aromatic heterocycles. The zero-order valence-electron chi connectivity index (χ0n) is 16.7. The first-order valence-corrected chi connectivity index (χ1v) is 10.5. The van der Waals surface area contributed by atoms with Gasteiger partial charge in [0.25, 0.3) is 0 Å². The van der Waals surface area contributed by atoms with Crippen molar-refractivity contribution in [3.8, 4) is 22.8 Å². The predicted molar refractivity (Wildman–Crippen MR) is 114 cm³/mol. The average molecular weight is 433 g/mol. The Kier molecular flexibility index (Phi) is 8.12. The third-order valence-corrected chi connectivity index (χ3v) is 5.12. The first-order valence-electron chi connectivity index (χ1n) is 9.66. The number of hydrogen-bond acceptors (Lipinski definition) is 7. The van der Waals surface area contributed by atoms with Crippen molar-refractivity contribution >= 4 is 11.9 Å². The van der Waals surface area contributed by atoms with Crippen LogP contribution in [0.15, 0.2) is 58.1 Å². The highest BCUT2D eigenvalue weighted by Gasteiger charge is 2.11. The highest BCUT2D eigenvalue weighted by Crippen LogP contribution is 2.33. The summed E-state index contributed by atoms with van der Waals surface area (Å²) in [6.07, 6.45) is 4.60. The standard InChI is InChI=1S/C17H15FN2O3S.C5H10O/c1-21-15-7-4-12(14-9-17(24-19)23-20-14)8-16(15)22-10-11-2-5-13(18)6-3-11;6-5-3-1-2-4-5/h2-9H,10,19H2,1H3;5-6H,1-4H2. The van der Waals surface area contributed by atoms with Gasteiger partial charge in [0.1, 0.15) is 18.1 Å². The summed E-state index contributed by atoms with van der Waals surface area (Å²) in [5, 5.41) is 18.7. The first-order chi connectivity index (χ1) is 14.6. The molecule has 0 saturated heterocycles. The smallest absolute Gasteiger partial charge is 0.208 e. The lowest BCUT2D eigenvalue weighted by atomic mass is 10.1. The van der Waals surface area contributed by atoms with Gasteiger partial charge in [0, 0.05) is 11.6 Å². The summed E-state index contributed by atoms with van der Waals surface area (Å²) < 4.78 is 29.2. The van der Waals surface area contributed by atoms with E-state index in [0.717, 1.165) is 35.9 Å². The van der Waals surface area contributed by atoms with Gasteiger partial charge in [0.2, 0.25) is 5.09 Å². The molecule has 0 atom stereocenters. The van der Waals surface area contributed by atoms with Gasteiger partial charge in [-0.25, -0.2) is 4.39 Å². The van der Waals surface area contributed by atoms with Crippen LogP contribution in [-0.2, 0) is 6.61 Å². The fraction of sp³-hybridized carbons (Fsp3) is 0.318. The second-order valence-electron chi connectivity index (χ2n) is 6.87. The number of rotatable bonds is 6. The normalized spacial score (nSPS) is 13.6. The highest BCUT2D eigenvalue weighted by molar-refractivity contribution is 7.96. The molecule has 0 bridgehead atoms. The number of methoxy groups -OCH3 is 1. The largest absolute Gasteiger partial charge is 0.493 e. The van der Waals surface area contributed by atoms with Crippen molar-refractivity contribution in [1.29, 1.82) is 0 Å². The average Bonchev–Trinajstić information content (AvgIpc) is 3.45. The second-order valence-corrected chi connectivity index (χ2v) is 7.51. The van der Waals surface area contributed by atoms with E-state index in [0.29, 0.717) is 28.9 Å². The van der Waals surface area contributed by atoms with Gasteiger partial charge in [-0.2, -0.15) is 0 Å². The van der Waals surface area contributed by atoms with E-state index in [-0.39, 0.29) is 11.9 Å². The van der Waals surface area contributed by atoms with Crippen LogP contribution in [0, 0.1) is 5.82 Å². The maximum atomic E-state index is 13.0. The molecule has 0 amide bonds. The van der Waals surface area contributed by atoms with Gasteiger partial charge in [-0.05, 0) is 60.7 Å². The lowest BCUT2D eigenvalue weighted by Crippen LogP contribution is -1.98. The number of aliphatic hydroxyl groups excluding tert-OH is 1. The Labute approximate surface area is 179 Å². The maximum Gasteiger partial charge on any atom is 0.208 e. The van der Waals surface area contributed by atoms with Crippen molar-refractivity contribution in [1.82, 2.24) is 5.16 Å². The summed E-state index contributed by atoms with van der Waals surface area (Å²) in [6.45, 7) is 0.294. The van der Waals surface area contributed by atoms with E-state index in [1.807, 2.05) is 12.1 Å². The first kappa shape index (κ1) is 22.1. The summed E-state index contributed by atoms with van der Waals surface area (Å²) in [4.78, 5) is 0. The minimum atomic E-state index is -0.280. The molecule has 1 heterocycles. The Balaban J connectivity index is 0.000000367. The number of aromatic nitrogens is 1. The Morgan fingerprint density at radius 1 is 1.13 bits per heavy atom. The number of nitrogens with zero attached hydrogens (tertiary/aromatic N) is 1. The molecule has 1 saturated carbocycles. The molecule has 0 unspecified atom stereocenters. The summed E-state index contributed by atoms with van der Waals surface area (Å²) in [5.41, 5.74) is 2.32. The van der Waals surface area contributed by atoms with Gasteiger partial charge in [-0.15, -0.1) is 0 Å². The molecule has 0 spiro atoms. The Morgan fingerprint density at radius 2 is 1.87 bits per heavy atom. The van der Waals surface area contributed by atoms with Gasteiger partial charge in [0.05, 0.1) is 13.2 Å². The molecule has 30 heavy (non-hydrogen) atoms. The van der Waals surface area contributed by atoms with E-state index in [4.69, 9.17) is 24.2 Å². The number of ether oxygens (including phenoxy) is 2. The second kappa shape index (κ2) is 11.0. The van der Waals surface area contributed by atoms with Crippen LogP contribution in [0.5, 0.6) is 11.5 Å². The van der Waals surface area contributed by atoms with Gasteiger partial charge in [0.15, 0.2) is 11.5 Å². The highest BCUT2D eigenvalue weighted by atomic mass is 32.2. The maximum absolute atomic E-state index is 13.0. The third kappa shape index (κ3) is 6.22. The van der Waals surface area contributed by atoms with Gasteiger partial charge in [-0.3, -0.25) is 5.14 Å². The van der Waals surface area contributed by atoms with Crippen molar-refractivity contribution in [2.75, 3.05) is 7.11 Å². The van der Waals surface area contributed by atoms with E-state index in [1.165, 1.54) is 25.0 Å².